The van der Waals surface area contributed by atoms with Crippen LogP contribution in [-0.2, 0) is 20.9 Å². The molecule has 0 saturated carbocycles. The molecular formula is C19H22N4O4S. The van der Waals surface area contributed by atoms with Gasteiger partial charge in [-0.1, -0.05) is 0 Å². The number of thiazole rings is 1. The average Bonchev–Trinajstić information content (AvgIpc) is 3.39. The number of hydrogen-bond donors (Lipinski definition) is 0. The van der Waals surface area contributed by atoms with Crippen molar-refractivity contribution in [2.45, 2.75) is 26.3 Å². The maximum Gasteiger partial charge on any atom is 0.242 e. The Hall–Kier alpha value is -2.52. The predicted molar refractivity (Wildman–Crippen MR) is 102 cm³/mol. The first-order chi connectivity index (χ1) is 13.5. The average molecular weight is 402 g/mol. The van der Waals surface area contributed by atoms with Crippen LogP contribution in [0.25, 0.3) is 10.8 Å². The van der Waals surface area contributed by atoms with Crippen LogP contribution in [-0.4, -0.2) is 70.1 Å². The van der Waals surface area contributed by atoms with E-state index < -0.39 is 0 Å². The Morgan fingerprint density at radius 3 is 2.50 bits per heavy atom. The van der Waals surface area contributed by atoms with Gasteiger partial charge in [0.15, 0.2) is 10.8 Å². The fourth-order valence-corrected chi connectivity index (χ4v) is 4.23. The normalized spacial score (nSPS) is 18.3. The van der Waals surface area contributed by atoms with Gasteiger partial charge in [-0.2, -0.15) is 0 Å². The number of carbonyl (C=O) groups is 3. The minimum absolute atomic E-state index is 0.129. The van der Waals surface area contributed by atoms with E-state index in [2.05, 4.69) is 9.88 Å². The number of nitrogens with zero attached hydrogens (tertiary/aromatic N) is 4. The number of rotatable bonds is 5. The number of imide groups is 1. The number of likely N-dealkylation sites (tertiary alicyclic amines) is 1. The Morgan fingerprint density at radius 1 is 1.14 bits per heavy atom. The van der Waals surface area contributed by atoms with Crippen molar-refractivity contribution in [2.24, 2.45) is 0 Å². The Kier molecular flexibility index (Phi) is 5.27. The Labute approximate surface area is 166 Å². The van der Waals surface area contributed by atoms with E-state index in [9.17, 15) is 14.4 Å². The second-order valence-electron chi connectivity index (χ2n) is 7.08. The van der Waals surface area contributed by atoms with Crippen LogP contribution >= 0.6 is 11.3 Å². The molecule has 0 N–H and O–H groups in total. The Bertz CT molecular complexity index is 881. The van der Waals surface area contributed by atoms with Gasteiger partial charge in [0.05, 0.1) is 5.69 Å². The minimum atomic E-state index is -0.247. The van der Waals surface area contributed by atoms with Crippen molar-refractivity contribution >= 4 is 29.1 Å². The van der Waals surface area contributed by atoms with E-state index in [4.69, 9.17) is 4.42 Å². The highest BCUT2D eigenvalue weighted by Gasteiger charge is 2.32. The zero-order chi connectivity index (χ0) is 19.7. The summed E-state index contributed by atoms with van der Waals surface area (Å²) in [5.74, 6) is 0.999. The summed E-state index contributed by atoms with van der Waals surface area (Å²) in [4.78, 5) is 45.5. The van der Waals surface area contributed by atoms with E-state index in [1.807, 2.05) is 24.4 Å². The number of aryl methyl sites for hydroxylation is 1. The molecule has 2 aromatic rings. The topological polar surface area (TPSA) is 87.0 Å². The summed E-state index contributed by atoms with van der Waals surface area (Å²) in [6.45, 7) is 5.15. The zero-order valence-corrected chi connectivity index (χ0v) is 16.5. The first-order valence-corrected chi connectivity index (χ1v) is 10.2. The van der Waals surface area contributed by atoms with E-state index in [-0.39, 0.29) is 37.1 Å². The van der Waals surface area contributed by atoms with Crippen molar-refractivity contribution in [1.29, 1.82) is 0 Å². The quantitative estimate of drug-likeness (QED) is 0.705. The minimum Gasteiger partial charge on any atom is -0.459 e. The van der Waals surface area contributed by atoms with Gasteiger partial charge in [0.25, 0.3) is 0 Å². The summed E-state index contributed by atoms with van der Waals surface area (Å²) in [5, 5.41) is 2.91. The summed E-state index contributed by atoms with van der Waals surface area (Å²) in [6.07, 6.45) is 0.431. The van der Waals surface area contributed by atoms with E-state index in [0.29, 0.717) is 13.1 Å². The number of amides is 3. The molecule has 2 fully saturated rings. The Balaban J connectivity index is 1.27. The fourth-order valence-electron chi connectivity index (χ4n) is 3.46. The molecule has 0 aliphatic carbocycles. The lowest BCUT2D eigenvalue weighted by molar-refractivity contribution is -0.146. The van der Waals surface area contributed by atoms with Crippen molar-refractivity contribution in [2.75, 3.05) is 32.7 Å². The third kappa shape index (κ3) is 4.00. The molecule has 0 radical (unpaired) electrons. The molecule has 0 spiro atoms. The molecule has 4 heterocycles. The van der Waals surface area contributed by atoms with E-state index in [1.54, 1.807) is 16.2 Å². The molecule has 0 atom stereocenters. The van der Waals surface area contributed by atoms with Gasteiger partial charge in [-0.05, 0) is 19.1 Å². The van der Waals surface area contributed by atoms with Crippen LogP contribution < -0.4 is 0 Å². The molecule has 8 nitrogen and oxygen atoms in total. The molecule has 2 saturated heterocycles. The summed E-state index contributed by atoms with van der Waals surface area (Å²) in [6, 6.07) is 3.86. The Morgan fingerprint density at radius 2 is 1.86 bits per heavy atom. The SMILES string of the molecule is Cc1ccc(-c2nc(CN3CCN(C(=O)CN4C(=O)CCC4=O)CC3)cs2)o1. The maximum atomic E-state index is 12.4. The predicted octanol–water partition coefficient (Wildman–Crippen LogP) is 1.50. The second kappa shape index (κ2) is 7.84. The highest BCUT2D eigenvalue weighted by atomic mass is 32.1. The standard InChI is InChI=1S/C19H22N4O4S/c1-13-2-3-15(27-13)19-20-14(12-28-19)10-21-6-8-22(9-7-21)18(26)11-23-16(24)4-5-17(23)25/h2-3,12H,4-11H2,1H3. The monoisotopic (exact) mass is 402 g/mol. The van der Waals surface area contributed by atoms with Gasteiger partial charge >= 0.3 is 0 Å². The number of hydrogen-bond acceptors (Lipinski definition) is 7. The zero-order valence-electron chi connectivity index (χ0n) is 15.7. The second-order valence-corrected chi connectivity index (χ2v) is 7.94. The third-order valence-corrected chi connectivity index (χ3v) is 5.97. The first-order valence-electron chi connectivity index (χ1n) is 9.34. The highest BCUT2D eigenvalue weighted by Crippen LogP contribution is 2.26. The third-order valence-electron chi connectivity index (χ3n) is 5.06. The van der Waals surface area contributed by atoms with E-state index in [0.717, 1.165) is 46.8 Å². The summed E-state index contributed by atoms with van der Waals surface area (Å²) < 4.78 is 5.62. The number of piperazine rings is 1. The van der Waals surface area contributed by atoms with Gasteiger partial charge in [0, 0.05) is 50.9 Å². The van der Waals surface area contributed by atoms with Crippen LogP contribution in [0.3, 0.4) is 0 Å². The molecule has 0 aromatic carbocycles. The number of furan rings is 1. The fraction of sp³-hybridized carbons (Fsp3) is 0.474. The van der Waals surface area contributed by atoms with Gasteiger partial charge in [-0.25, -0.2) is 4.98 Å². The molecule has 0 unspecified atom stereocenters. The van der Waals surface area contributed by atoms with Crippen molar-refractivity contribution in [3.8, 4) is 10.8 Å². The van der Waals surface area contributed by atoms with E-state index in [1.165, 1.54) is 0 Å². The molecule has 9 heteroatoms. The van der Waals surface area contributed by atoms with Crippen LogP contribution in [0.4, 0.5) is 0 Å². The molecule has 28 heavy (non-hydrogen) atoms. The van der Waals surface area contributed by atoms with Gasteiger partial charge in [0.2, 0.25) is 17.7 Å². The largest absolute Gasteiger partial charge is 0.459 e. The lowest BCUT2D eigenvalue weighted by Gasteiger charge is -2.35. The molecular weight excluding hydrogens is 380 g/mol. The summed E-state index contributed by atoms with van der Waals surface area (Å²) in [5.41, 5.74) is 0.988. The molecule has 2 aliphatic heterocycles. The van der Waals surface area contributed by atoms with Crippen molar-refractivity contribution in [3.63, 3.8) is 0 Å². The van der Waals surface area contributed by atoms with Crippen LogP contribution in [0.1, 0.15) is 24.3 Å². The van der Waals surface area contributed by atoms with Crippen LogP contribution in [0, 0.1) is 6.92 Å². The van der Waals surface area contributed by atoms with Crippen molar-refractivity contribution < 1.29 is 18.8 Å². The van der Waals surface area contributed by atoms with Gasteiger partial charge < -0.3 is 9.32 Å². The molecule has 148 valence electrons. The van der Waals surface area contributed by atoms with Gasteiger partial charge in [-0.15, -0.1) is 11.3 Å². The lowest BCUT2D eigenvalue weighted by atomic mass is 10.3. The summed E-state index contributed by atoms with van der Waals surface area (Å²) in [7, 11) is 0. The lowest BCUT2D eigenvalue weighted by Crippen LogP contribution is -2.51. The maximum absolute atomic E-state index is 12.4. The van der Waals surface area contributed by atoms with Crippen LogP contribution in [0.2, 0.25) is 0 Å². The smallest absolute Gasteiger partial charge is 0.242 e. The van der Waals surface area contributed by atoms with Gasteiger partial charge in [0.1, 0.15) is 12.3 Å². The van der Waals surface area contributed by atoms with Crippen LogP contribution in [0.15, 0.2) is 21.9 Å². The first kappa shape index (κ1) is 18.8. The molecule has 2 aliphatic rings. The highest BCUT2D eigenvalue weighted by molar-refractivity contribution is 7.13. The van der Waals surface area contributed by atoms with E-state index >= 15 is 0 Å². The van der Waals surface area contributed by atoms with Gasteiger partial charge in [-0.3, -0.25) is 24.2 Å². The van der Waals surface area contributed by atoms with Crippen molar-refractivity contribution in [3.05, 3.63) is 29.0 Å². The van der Waals surface area contributed by atoms with Crippen molar-refractivity contribution in [1.82, 2.24) is 19.7 Å². The number of carbonyl (C=O) groups excluding carboxylic acids is 3. The molecule has 2 aromatic heterocycles. The van der Waals surface area contributed by atoms with Crippen LogP contribution in [0.5, 0.6) is 0 Å². The molecule has 3 amide bonds. The summed E-state index contributed by atoms with van der Waals surface area (Å²) >= 11 is 1.56. The molecule has 4 rings (SSSR count). The number of aromatic nitrogens is 1. The molecule has 0 bridgehead atoms.